The molecular weight excluding hydrogens is 398 g/mol. The molecule has 0 bridgehead atoms. The summed E-state index contributed by atoms with van der Waals surface area (Å²) < 4.78 is 12.2. The molecule has 3 heterocycles. The van der Waals surface area contributed by atoms with Gasteiger partial charge in [-0.25, -0.2) is 4.79 Å². The van der Waals surface area contributed by atoms with E-state index in [-0.39, 0.29) is 12.4 Å². The summed E-state index contributed by atoms with van der Waals surface area (Å²) in [6.45, 7) is 0.578. The smallest absolute Gasteiger partial charge is 0.323 e. The normalized spacial score (nSPS) is 19.3. The van der Waals surface area contributed by atoms with Gasteiger partial charge in [0.05, 0.1) is 20.3 Å². The maximum atomic E-state index is 12.7. The third-order valence-electron chi connectivity index (χ3n) is 5.53. The first-order valence-corrected chi connectivity index (χ1v) is 9.76. The molecule has 1 fully saturated rings. The van der Waals surface area contributed by atoms with E-state index in [1.54, 1.807) is 25.4 Å². The van der Waals surface area contributed by atoms with Crippen molar-refractivity contribution in [3.05, 3.63) is 53.7 Å². The van der Waals surface area contributed by atoms with Gasteiger partial charge in [-0.3, -0.25) is 10.1 Å². The Morgan fingerprint density at radius 3 is 2.90 bits per heavy atom. The lowest BCUT2D eigenvalue weighted by Crippen LogP contribution is -2.49. The minimum absolute atomic E-state index is 0.0429. The van der Waals surface area contributed by atoms with E-state index in [4.69, 9.17) is 9.47 Å². The topological polar surface area (TPSA) is 102 Å². The summed E-state index contributed by atoms with van der Waals surface area (Å²) in [4.78, 5) is 24.7. The minimum Gasteiger partial charge on any atom is -0.497 e. The monoisotopic (exact) mass is 417 g/mol. The molecule has 3 amide bonds. The molecule has 31 heavy (non-hydrogen) atoms. The van der Waals surface area contributed by atoms with Gasteiger partial charge in [0.15, 0.2) is 5.88 Å². The Bertz CT molecular complexity index is 1300. The quantitative estimate of drug-likeness (QED) is 0.447. The van der Waals surface area contributed by atoms with Crippen LogP contribution in [0.4, 0.5) is 4.79 Å². The van der Waals surface area contributed by atoms with E-state index < -0.39 is 17.5 Å². The molecule has 1 aromatic heterocycles. The standard InChI is InChI=1S/C23H19N3O5/c1-30-17-4-3-16-12-26(20(27)18(16)11-17)13-23(21(28)24-22(29)25-23)8-6-14-2-5-19-15(10-14)7-9-31-19/h2-5,10-12,27H,7,9,13H2,1H3,(H2,24,25,28,29)/t23-/m1/s1. The summed E-state index contributed by atoms with van der Waals surface area (Å²) in [5.74, 6) is 6.77. The SMILES string of the molecule is COc1ccc2cn(C[C@@]3(C#Cc4ccc5c(c4)CCO5)NC(=O)NC3=O)c(O)c2c1. The first-order valence-electron chi connectivity index (χ1n) is 9.76. The predicted molar refractivity (Wildman–Crippen MR) is 112 cm³/mol. The average molecular weight is 417 g/mol. The van der Waals surface area contributed by atoms with Crippen LogP contribution in [0.2, 0.25) is 0 Å². The third kappa shape index (κ3) is 3.20. The molecule has 0 spiro atoms. The number of urea groups is 1. The molecule has 0 unspecified atom stereocenters. The van der Waals surface area contributed by atoms with Gasteiger partial charge in [0.2, 0.25) is 5.54 Å². The fourth-order valence-corrected chi connectivity index (χ4v) is 3.90. The van der Waals surface area contributed by atoms with Crippen LogP contribution in [-0.4, -0.2) is 40.9 Å². The zero-order valence-electron chi connectivity index (χ0n) is 16.7. The number of methoxy groups -OCH3 is 1. The Morgan fingerprint density at radius 2 is 2.13 bits per heavy atom. The molecule has 0 aliphatic carbocycles. The molecule has 2 aromatic carbocycles. The van der Waals surface area contributed by atoms with Gasteiger partial charge < -0.3 is 24.5 Å². The second-order valence-corrected chi connectivity index (χ2v) is 7.52. The first-order chi connectivity index (χ1) is 15.0. The fourth-order valence-electron chi connectivity index (χ4n) is 3.90. The average Bonchev–Trinajstić information content (AvgIpc) is 3.43. The van der Waals surface area contributed by atoms with Crippen LogP contribution in [0.1, 0.15) is 11.1 Å². The Morgan fingerprint density at radius 1 is 1.26 bits per heavy atom. The van der Waals surface area contributed by atoms with Gasteiger partial charge in [0, 0.05) is 29.0 Å². The van der Waals surface area contributed by atoms with Crippen LogP contribution in [-0.2, 0) is 17.8 Å². The van der Waals surface area contributed by atoms with E-state index in [0.717, 1.165) is 23.1 Å². The van der Waals surface area contributed by atoms with Crippen molar-refractivity contribution in [3.63, 3.8) is 0 Å². The number of aromatic nitrogens is 1. The van der Waals surface area contributed by atoms with Crippen molar-refractivity contribution in [1.29, 1.82) is 0 Å². The number of aromatic hydroxyl groups is 1. The number of imide groups is 1. The lowest BCUT2D eigenvalue weighted by molar-refractivity contribution is -0.122. The summed E-state index contributed by atoms with van der Waals surface area (Å²) in [6, 6.07) is 10.3. The number of hydrogen-bond donors (Lipinski definition) is 3. The Kier molecular flexibility index (Phi) is 4.26. The van der Waals surface area contributed by atoms with Crippen molar-refractivity contribution in [1.82, 2.24) is 15.2 Å². The number of carbonyl (C=O) groups is 2. The number of benzene rings is 2. The van der Waals surface area contributed by atoms with E-state index in [1.165, 1.54) is 4.57 Å². The molecule has 0 radical (unpaired) electrons. The number of nitrogens with zero attached hydrogens (tertiary/aromatic N) is 1. The molecular formula is C23H19N3O5. The van der Waals surface area contributed by atoms with Crippen molar-refractivity contribution in [2.75, 3.05) is 13.7 Å². The maximum Gasteiger partial charge on any atom is 0.323 e. The maximum absolute atomic E-state index is 12.7. The highest BCUT2D eigenvalue weighted by molar-refractivity contribution is 6.09. The largest absolute Gasteiger partial charge is 0.497 e. The zero-order valence-corrected chi connectivity index (χ0v) is 16.7. The molecule has 156 valence electrons. The number of fused-ring (bicyclic) bond motifs is 2. The van der Waals surface area contributed by atoms with Gasteiger partial charge in [-0.2, -0.15) is 0 Å². The Labute approximate surface area is 177 Å². The fraction of sp³-hybridized carbons (Fsp3) is 0.217. The molecule has 3 aromatic rings. The summed E-state index contributed by atoms with van der Waals surface area (Å²) in [5, 5.41) is 17.0. The van der Waals surface area contributed by atoms with E-state index in [0.29, 0.717) is 23.3 Å². The molecule has 2 aliphatic heterocycles. The van der Waals surface area contributed by atoms with Crippen LogP contribution < -0.4 is 20.1 Å². The van der Waals surface area contributed by atoms with Crippen molar-refractivity contribution in [2.45, 2.75) is 18.5 Å². The summed E-state index contributed by atoms with van der Waals surface area (Å²) in [6.07, 6.45) is 2.51. The van der Waals surface area contributed by atoms with Crippen LogP contribution in [0.3, 0.4) is 0 Å². The van der Waals surface area contributed by atoms with Gasteiger partial charge in [0.25, 0.3) is 5.91 Å². The summed E-state index contributed by atoms with van der Waals surface area (Å²) in [7, 11) is 1.54. The zero-order chi connectivity index (χ0) is 21.6. The highest BCUT2D eigenvalue weighted by Gasteiger charge is 2.46. The Balaban J connectivity index is 1.53. The third-order valence-corrected chi connectivity index (χ3v) is 5.53. The van der Waals surface area contributed by atoms with Crippen LogP contribution in [0.5, 0.6) is 17.4 Å². The molecule has 5 rings (SSSR count). The molecule has 0 saturated carbocycles. The van der Waals surface area contributed by atoms with Crippen LogP contribution in [0, 0.1) is 11.8 Å². The van der Waals surface area contributed by atoms with Gasteiger partial charge >= 0.3 is 6.03 Å². The second kappa shape index (κ2) is 6.99. The lowest BCUT2D eigenvalue weighted by Gasteiger charge is -2.20. The number of rotatable bonds is 3. The number of amides is 3. The minimum atomic E-state index is -1.52. The number of hydrogen-bond acceptors (Lipinski definition) is 5. The Hall–Kier alpha value is -4.12. The van der Waals surface area contributed by atoms with Crippen LogP contribution in [0.15, 0.2) is 42.6 Å². The van der Waals surface area contributed by atoms with Gasteiger partial charge in [-0.15, -0.1) is 0 Å². The summed E-state index contributed by atoms with van der Waals surface area (Å²) in [5.41, 5.74) is 0.247. The lowest BCUT2D eigenvalue weighted by atomic mass is 9.99. The van der Waals surface area contributed by atoms with E-state index >= 15 is 0 Å². The second-order valence-electron chi connectivity index (χ2n) is 7.52. The first kappa shape index (κ1) is 18.9. The number of nitrogens with one attached hydrogen (secondary N) is 2. The van der Waals surface area contributed by atoms with Gasteiger partial charge in [0.1, 0.15) is 11.5 Å². The van der Waals surface area contributed by atoms with Crippen LogP contribution in [0.25, 0.3) is 10.8 Å². The number of carbonyl (C=O) groups excluding carboxylic acids is 2. The van der Waals surface area contributed by atoms with E-state index in [9.17, 15) is 14.7 Å². The van der Waals surface area contributed by atoms with Gasteiger partial charge in [-0.1, -0.05) is 11.8 Å². The van der Waals surface area contributed by atoms with E-state index in [1.807, 2.05) is 24.3 Å². The van der Waals surface area contributed by atoms with Crippen LogP contribution >= 0.6 is 0 Å². The molecule has 8 nitrogen and oxygen atoms in total. The highest BCUT2D eigenvalue weighted by Crippen LogP contribution is 2.32. The highest BCUT2D eigenvalue weighted by atomic mass is 16.5. The van der Waals surface area contributed by atoms with Crippen molar-refractivity contribution < 1.29 is 24.2 Å². The molecule has 2 aliphatic rings. The predicted octanol–water partition coefficient (Wildman–Crippen LogP) is 1.92. The number of ether oxygens (including phenoxy) is 2. The van der Waals surface area contributed by atoms with Crippen molar-refractivity contribution in [3.8, 4) is 29.2 Å². The summed E-state index contributed by atoms with van der Waals surface area (Å²) >= 11 is 0. The van der Waals surface area contributed by atoms with E-state index in [2.05, 4.69) is 22.5 Å². The molecule has 3 N–H and O–H groups in total. The van der Waals surface area contributed by atoms with Crippen molar-refractivity contribution in [2.24, 2.45) is 0 Å². The van der Waals surface area contributed by atoms with Crippen molar-refractivity contribution >= 4 is 22.7 Å². The molecule has 1 saturated heterocycles. The van der Waals surface area contributed by atoms with Gasteiger partial charge in [-0.05, 0) is 42.0 Å². The molecule has 8 heteroatoms. The molecule has 1 atom stereocenters.